The average Bonchev–Trinajstić information content (AvgIpc) is 2.98. The lowest BCUT2D eigenvalue weighted by atomic mass is 9.99. The highest BCUT2D eigenvalue weighted by Gasteiger charge is 2.31. The predicted molar refractivity (Wildman–Crippen MR) is 59.5 cm³/mol. The Kier molecular flexibility index (Phi) is 2.25. The first kappa shape index (κ1) is 9.59. The summed E-state index contributed by atoms with van der Waals surface area (Å²) in [5, 5.41) is 0. The molecule has 0 fully saturated rings. The van der Waals surface area contributed by atoms with E-state index in [0.29, 0.717) is 5.69 Å². The molecule has 0 bridgehead atoms. The second-order valence-electron chi connectivity index (χ2n) is 3.80. The highest BCUT2D eigenvalue weighted by Crippen LogP contribution is 2.33. The van der Waals surface area contributed by atoms with E-state index in [1.165, 1.54) is 11.8 Å². The Bertz CT molecular complexity index is 524. The number of pyridine rings is 1. The molecule has 1 aliphatic rings. The third-order valence-electron chi connectivity index (χ3n) is 2.89. The number of nitrogens with zero attached hydrogens (tertiary/aromatic N) is 3. The van der Waals surface area contributed by atoms with Gasteiger partial charge >= 0.3 is 0 Å². The van der Waals surface area contributed by atoms with Gasteiger partial charge in [-0.05, 0) is 24.5 Å². The van der Waals surface area contributed by atoms with Gasteiger partial charge in [0.15, 0.2) is 5.78 Å². The van der Waals surface area contributed by atoms with Gasteiger partial charge < -0.3 is 0 Å². The first-order chi connectivity index (χ1) is 7.86. The van der Waals surface area contributed by atoms with E-state index in [0.717, 1.165) is 30.3 Å². The molecule has 2 aromatic heterocycles. The monoisotopic (exact) mass is 231 g/mol. The quantitative estimate of drug-likeness (QED) is 0.740. The maximum Gasteiger partial charge on any atom is 0.192 e. The van der Waals surface area contributed by atoms with Gasteiger partial charge in [-0.25, -0.2) is 0 Å². The van der Waals surface area contributed by atoms with Crippen LogP contribution >= 0.6 is 11.7 Å². The van der Waals surface area contributed by atoms with Gasteiger partial charge in [0.1, 0.15) is 5.69 Å². The van der Waals surface area contributed by atoms with Gasteiger partial charge in [0.25, 0.3) is 0 Å². The van der Waals surface area contributed by atoms with E-state index in [9.17, 15) is 4.79 Å². The zero-order valence-electron chi connectivity index (χ0n) is 8.46. The lowest BCUT2D eigenvalue weighted by Crippen LogP contribution is -2.11. The number of aryl methyl sites for hydroxylation is 1. The molecule has 0 N–H and O–H groups in total. The summed E-state index contributed by atoms with van der Waals surface area (Å²) in [5.74, 6) is -0.0775. The van der Waals surface area contributed by atoms with Crippen LogP contribution in [0.15, 0.2) is 24.5 Å². The van der Waals surface area contributed by atoms with Crippen LogP contribution in [0.1, 0.15) is 34.1 Å². The van der Waals surface area contributed by atoms with Crippen LogP contribution in [0.2, 0.25) is 0 Å². The Morgan fingerprint density at radius 3 is 3.25 bits per heavy atom. The molecular formula is C11H9N3OS. The van der Waals surface area contributed by atoms with Crippen LogP contribution in [-0.2, 0) is 6.42 Å². The number of hydrogen-bond acceptors (Lipinski definition) is 5. The van der Waals surface area contributed by atoms with Crippen molar-refractivity contribution < 1.29 is 4.79 Å². The number of aromatic nitrogens is 3. The summed E-state index contributed by atoms with van der Waals surface area (Å²) in [7, 11) is 0. The zero-order valence-corrected chi connectivity index (χ0v) is 9.28. The lowest BCUT2D eigenvalue weighted by molar-refractivity contribution is 0.0954. The van der Waals surface area contributed by atoms with Crippen molar-refractivity contribution in [2.45, 2.75) is 18.8 Å². The van der Waals surface area contributed by atoms with Crippen LogP contribution < -0.4 is 0 Å². The standard InChI is InChI=1S/C11H9N3OS/c15-11(9-6-13-16-14-9)8-4-3-7-2-1-5-12-10(7)8/h1-2,5-6,8H,3-4H2. The topological polar surface area (TPSA) is 55.7 Å². The fourth-order valence-electron chi connectivity index (χ4n) is 2.12. The Morgan fingerprint density at radius 2 is 2.44 bits per heavy atom. The van der Waals surface area contributed by atoms with E-state index in [-0.39, 0.29) is 11.7 Å². The molecular weight excluding hydrogens is 222 g/mol. The molecule has 5 heteroatoms. The van der Waals surface area contributed by atoms with Crippen LogP contribution in [-0.4, -0.2) is 19.5 Å². The minimum absolute atomic E-state index is 0.0474. The molecule has 0 saturated heterocycles. The summed E-state index contributed by atoms with van der Waals surface area (Å²) in [6.07, 6.45) is 5.04. The Labute approximate surface area is 96.7 Å². The molecule has 2 heterocycles. The number of carbonyl (C=O) groups excluding carboxylic acids is 1. The second kappa shape index (κ2) is 3.75. The van der Waals surface area contributed by atoms with Crippen molar-refractivity contribution in [3.05, 3.63) is 41.5 Å². The van der Waals surface area contributed by atoms with Gasteiger partial charge in [0.2, 0.25) is 0 Å². The van der Waals surface area contributed by atoms with E-state index in [4.69, 9.17) is 0 Å². The molecule has 0 aliphatic heterocycles. The van der Waals surface area contributed by atoms with Gasteiger partial charge in [0, 0.05) is 6.20 Å². The van der Waals surface area contributed by atoms with Crippen molar-refractivity contribution >= 4 is 17.5 Å². The fraction of sp³-hybridized carbons (Fsp3) is 0.273. The number of fused-ring (bicyclic) bond motifs is 1. The minimum Gasteiger partial charge on any atom is -0.292 e. The van der Waals surface area contributed by atoms with Gasteiger partial charge in [-0.15, -0.1) is 0 Å². The van der Waals surface area contributed by atoms with Crippen molar-refractivity contribution in [2.24, 2.45) is 0 Å². The molecule has 0 amide bonds. The van der Waals surface area contributed by atoms with Crippen molar-refractivity contribution in [1.82, 2.24) is 13.7 Å². The van der Waals surface area contributed by atoms with Crippen molar-refractivity contribution in [2.75, 3.05) is 0 Å². The van der Waals surface area contributed by atoms with Gasteiger partial charge in [0.05, 0.1) is 29.5 Å². The third kappa shape index (κ3) is 1.44. The molecule has 0 radical (unpaired) electrons. The highest BCUT2D eigenvalue weighted by molar-refractivity contribution is 6.99. The van der Waals surface area contributed by atoms with E-state index in [2.05, 4.69) is 13.7 Å². The largest absolute Gasteiger partial charge is 0.292 e. The van der Waals surface area contributed by atoms with Crippen LogP contribution in [0, 0.1) is 0 Å². The van der Waals surface area contributed by atoms with Crippen LogP contribution in [0.5, 0.6) is 0 Å². The molecule has 1 atom stereocenters. The van der Waals surface area contributed by atoms with Crippen LogP contribution in [0.3, 0.4) is 0 Å². The molecule has 2 aromatic rings. The summed E-state index contributed by atoms with van der Waals surface area (Å²) < 4.78 is 7.85. The molecule has 1 unspecified atom stereocenters. The lowest BCUT2D eigenvalue weighted by Gasteiger charge is -2.06. The summed E-state index contributed by atoms with van der Waals surface area (Å²) in [6, 6.07) is 3.95. The molecule has 16 heavy (non-hydrogen) atoms. The first-order valence-electron chi connectivity index (χ1n) is 5.12. The normalized spacial score (nSPS) is 18.4. The summed E-state index contributed by atoms with van der Waals surface area (Å²) in [5.41, 5.74) is 2.57. The molecule has 0 saturated carbocycles. The SMILES string of the molecule is O=C(c1cnsn1)C1CCc2cccnc21. The molecule has 0 spiro atoms. The number of Topliss-reactive ketones (excluding diaryl/α,β-unsaturated/α-hetero) is 1. The van der Waals surface area contributed by atoms with Crippen molar-refractivity contribution in [3.8, 4) is 0 Å². The Hall–Kier alpha value is -1.62. The van der Waals surface area contributed by atoms with E-state index in [1.807, 2.05) is 12.1 Å². The maximum atomic E-state index is 12.1. The minimum atomic E-state index is -0.125. The molecule has 4 nitrogen and oxygen atoms in total. The number of rotatable bonds is 2. The average molecular weight is 231 g/mol. The Balaban J connectivity index is 1.96. The molecule has 3 rings (SSSR count). The predicted octanol–water partition coefficient (Wildman–Crippen LogP) is 1.85. The van der Waals surface area contributed by atoms with Crippen LogP contribution in [0.4, 0.5) is 0 Å². The fourth-order valence-corrected chi connectivity index (χ4v) is 2.54. The summed E-state index contributed by atoms with van der Waals surface area (Å²) in [6.45, 7) is 0. The number of carbonyl (C=O) groups is 1. The summed E-state index contributed by atoms with van der Waals surface area (Å²) in [4.78, 5) is 16.4. The maximum absolute atomic E-state index is 12.1. The van der Waals surface area contributed by atoms with Crippen molar-refractivity contribution in [1.29, 1.82) is 0 Å². The molecule has 0 aromatic carbocycles. The first-order valence-corrected chi connectivity index (χ1v) is 5.85. The Morgan fingerprint density at radius 1 is 1.50 bits per heavy atom. The van der Waals surface area contributed by atoms with Crippen LogP contribution in [0.25, 0.3) is 0 Å². The van der Waals surface area contributed by atoms with E-state index >= 15 is 0 Å². The number of hydrogen-bond donors (Lipinski definition) is 0. The van der Waals surface area contributed by atoms with E-state index in [1.54, 1.807) is 6.20 Å². The number of ketones is 1. The van der Waals surface area contributed by atoms with Gasteiger partial charge in [-0.3, -0.25) is 9.78 Å². The van der Waals surface area contributed by atoms with Gasteiger partial charge in [-0.1, -0.05) is 6.07 Å². The van der Waals surface area contributed by atoms with Gasteiger partial charge in [-0.2, -0.15) is 8.75 Å². The smallest absolute Gasteiger partial charge is 0.192 e. The van der Waals surface area contributed by atoms with E-state index < -0.39 is 0 Å². The molecule has 80 valence electrons. The summed E-state index contributed by atoms with van der Waals surface area (Å²) >= 11 is 1.07. The third-order valence-corrected chi connectivity index (χ3v) is 3.37. The van der Waals surface area contributed by atoms with Crippen molar-refractivity contribution in [3.63, 3.8) is 0 Å². The highest BCUT2D eigenvalue weighted by atomic mass is 32.1. The second-order valence-corrected chi connectivity index (χ2v) is 4.35. The zero-order chi connectivity index (χ0) is 11.0. The molecule has 1 aliphatic carbocycles.